The molecule has 0 saturated heterocycles. The summed E-state index contributed by atoms with van der Waals surface area (Å²) >= 11 is 0. The second-order valence-corrected chi connectivity index (χ2v) is 1.89. The Morgan fingerprint density at radius 2 is 2.00 bits per heavy atom. The van der Waals surface area contributed by atoms with Crippen LogP contribution in [0.4, 0.5) is 0 Å². The van der Waals surface area contributed by atoms with Gasteiger partial charge in [0.2, 0.25) is 6.41 Å². The monoisotopic (exact) mass is 148 g/mol. The van der Waals surface area contributed by atoms with Gasteiger partial charge in [0, 0.05) is 12.4 Å². The summed E-state index contributed by atoms with van der Waals surface area (Å²) in [6.07, 6.45) is 5.36. The van der Waals surface area contributed by atoms with E-state index in [-0.39, 0.29) is 0 Å². The molecule has 0 N–H and O–H groups in total. The van der Waals surface area contributed by atoms with Crippen LogP contribution in [0.3, 0.4) is 0 Å². The number of carbonyl (C=O) groups is 1. The van der Waals surface area contributed by atoms with Crippen LogP contribution in [0.5, 0.6) is 0 Å². The van der Waals surface area contributed by atoms with Gasteiger partial charge < -0.3 is 0 Å². The molecule has 3 nitrogen and oxygen atoms in total. The van der Waals surface area contributed by atoms with Gasteiger partial charge in [0.05, 0.1) is 0 Å². The van der Waals surface area contributed by atoms with Crippen molar-refractivity contribution in [2.45, 2.75) is 0 Å². The molecule has 0 unspecified atom stereocenters. The molecule has 0 spiro atoms. The zero-order chi connectivity index (χ0) is 7.94. The van der Waals surface area contributed by atoms with E-state index in [1.165, 1.54) is 10.9 Å². The Morgan fingerprint density at radius 1 is 1.18 bits per heavy atom. The number of rotatable bonds is 1. The number of hydrogen-bond acceptors (Lipinski definition) is 2. The van der Waals surface area contributed by atoms with Gasteiger partial charge in [-0.3, -0.25) is 9.36 Å². The third-order valence-electron chi connectivity index (χ3n) is 1.09. The molecular weight excluding hydrogens is 140 g/mol. The smallest absolute Gasteiger partial charge is 0.218 e. The molecule has 0 fully saturated rings. The molecule has 1 aromatic heterocycles. The van der Waals surface area contributed by atoms with Crippen LogP contribution in [0.2, 0.25) is 0 Å². The molecular formula is C8H8N2O. The highest BCUT2D eigenvalue weighted by atomic mass is 16.1. The van der Waals surface area contributed by atoms with E-state index in [0.717, 1.165) is 0 Å². The Labute approximate surface area is 64.6 Å². The van der Waals surface area contributed by atoms with Gasteiger partial charge in [-0.25, -0.2) is 4.98 Å². The SMILES string of the molecule is O=Cn1ccccccnc1. The van der Waals surface area contributed by atoms with E-state index in [2.05, 4.69) is 4.98 Å². The molecule has 1 rings (SSSR count). The zero-order valence-electron chi connectivity index (χ0n) is 5.92. The average Bonchev–Trinajstić information content (AvgIpc) is 2.16. The summed E-state index contributed by atoms with van der Waals surface area (Å²) in [6.45, 7) is 0. The summed E-state index contributed by atoms with van der Waals surface area (Å²) in [6, 6.07) is 7.20. The van der Waals surface area contributed by atoms with E-state index < -0.39 is 0 Å². The number of carbonyl (C=O) groups excluding carboxylic acids is 1. The predicted molar refractivity (Wildman–Crippen MR) is 42.0 cm³/mol. The molecule has 0 aromatic carbocycles. The fourth-order valence-corrected chi connectivity index (χ4v) is 0.593. The minimum Gasteiger partial charge on any atom is -0.281 e. The number of hydrogen-bond donors (Lipinski definition) is 0. The maximum Gasteiger partial charge on any atom is 0.218 e. The number of nitrogens with zero attached hydrogens (tertiary/aromatic N) is 2. The van der Waals surface area contributed by atoms with Crippen molar-refractivity contribution in [3.8, 4) is 0 Å². The third-order valence-corrected chi connectivity index (χ3v) is 1.09. The molecule has 0 atom stereocenters. The Kier molecular flexibility index (Phi) is 2.86. The summed E-state index contributed by atoms with van der Waals surface area (Å²) in [5.41, 5.74) is 0. The minimum absolute atomic E-state index is 0.688. The highest BCUT2D eigenvalue weighted by molar-refractivity contribution is 5.50. The molecule has 0 aliphatic carbocycles. The fraction of sp³-hybridized carbons (Fsp3) is 0. The number of aromatic nitrogens is 2. The average molecular weight is 148 g/mol. The van der Waals surface area contributed by atoms with E-state index in [0.29, 0.717) is 6.41 Å². The maximum atomic E-state index is 10.3. The van der Waals surface area contributed by atoms with Crippen molar-refractivity contribution in [3.05, 3.63) is 43.0 Å². The molecule has 0 aliphatic heterocycles. The lowest BCUT2D eigenvalue weighted by molar-refractivity contribution is 0.546. The molecule has 3 heteroatoms. The first-order chi connectivity index (χ1) is 5.43. The molecule has 0 radical (unpaired) electrons. The van der Waals surface area contributed by atoms with E-state index >= 15 is 0 Å². The second kappa shape index (κ2) is 4.22. The van der Waals surface area contributed by atoms with Crippen molar-refractivity contribution < 1.29 is 4.79 Å². The lowest BCUT2D eigenvalue weighted by atomic mass is 10.5. The highest BCUT2D eigenvalue weighted by Gasteiger charge is 1.72. The second-order valence-electron chi connectivity index (χ2n) is 1.89. The zero-order valence-corrected chi connectivity index (χ0v) is 5.92. The molecule has 1 heterocycles. The first kappa shape index (κ1) is 7.47. The van der Waals surface area contributed by atoms with E-state index in [1.54, 1.807) is 24.5 Å². The van der Waals surface area contributed by atoms with Gasteiger partial charge in [-0.1, -0.05) is 12.1 Å². The van der Waals surface area contributed by atoms with Crippen molar-refractivity contribution >= 4 is 6.41 Å². The molecule has 11 heavy (non-hydrogen) atoms. The molecule has 0 saturated carbocycles. The Morgan fingerprint density at radius 3 is 2.82 bits per heavy atom. The lowest BCUT2D eigenvalue weighted by Gasteiger charge is -1.83. The summed E-state index contributed by atoms with van der Waals surface area (Å²) in [4.78, 5) is 14.1. The van der Waals surface area contributed by atoms with Crippen molar-refractivity contribution in [2.24, 2.45) is 0 Å². The van der Waals surface area contributed by atoms with Crippen LogP contribution in [0.1, 0.15) is 0 Å². The standard InChI is InChI=1S/C8H8N2O/c11-8-10-6-4-2-1-3-5-9-7-10/h1-8H. The van der Waals surface area contributed by atoms with Gasteiger partial charge in [-0.2, -0.15) is 0 Å². The normalized spacial score (nSPS) is 8.36. The molecule has 0 amide bonds. The van der Waals surface area contributed by atoms with Gasteiger partial charge in [0.1, 0.15) is 6.33 Å². The fourth-order valence-electron chi connectivity index (χ4n) is 0.593. The first-order valence-electron chi connectivity index (χ1n) is 3.19. The van der Waals surface area contributed by atoms with Crippen LogP contribution in [-0.4, -0.2) is 16.0 Å². The van der Waals surface area contributed by atoms with Crippen LogP contribution in [0.25, 0.3) is 0 Å². The summed E-state index contributed by atoms with van der Waals surface area (Å²) in [5.74, 6) is 0. The summed E-state index contributed by atoms with van der Waals surface area (Å²) in [5, 5.41) is 0. The molecule has 56 valence electrons. The van der Waals surface area contributed by atoms with Crippen LogP contribution >= 0.6 is 0 Å². The van der Waals surface area contributed by atoms with Crippen molar-refractivity contribution in [1.82, 2.24) is 9.55 Å². The van der Waals surface area contributed by atoms with E-state index in [4.69, 9.17) is 0 Å². The maximum absolute atomic E-state index is 10.3. The van der Waals surface area contributed by atoms with Crippen molar-refractivity contribution in [2.75, 3.05) is 0 Å². The first-order valence-corrected chi connectivity index (χ1v) is 3.19. The van der Waals surface area contributed by atoms with Crippen molar-refractivity contribution in [1.29, 1.82) is 0 Å². The predicted octanol–water partition coefficient (Wildman–Crippen LogP) is 1.05. The van der Waals surface area contributed by atoms with Crippen LogP contribution in [0, 0.1) is 0 Å². The Hall–Kier alpha value is -1.64. The minimum atomic E-state index is 0.688. The third kappa shape index (κ3) is 2.62. The van der Waals surface area contributed by atoms with Gasteiger partial charge in [-0.05, 0) is 12.1 Å². The van der Waals surface area contributed by atoms with E-state index in [9.17, 15) is 4.79 Å². The molecule has 0 bridgehead atoms. The van der Waals surface area contributed by atoms with Crippen LogP contribution in [-0.2, 0) is 4.79 Å². The van der Waals surface area contributed by atoms with E-state index in [1.807, 2.05) is 12.1 Å². The summed E-state index contributed by atoms with van der Waals surface area (Å²) < 4.78 is 1.33. The van der Waals surface area contributed by atoms with Crippen molar-refractivity contribution in [3.63, 3.8) is 0 Å². The highest BCUT2D eigenvalue weighted by Crippen LogP contribution is 1.77. The quantitative estimate of drug-likeness (QED) is 0.558. The lowest BCUT2D eigenvalue weighted by Crippen LogP contribution is -1.90. The van der Waals surface area contributed by atoms with Crippen LogP contribution in [0.15, 0.2) is 43.0 Å². The topological polar surface area (TPSA) is 34.9 Å². The molecule has 1 aromatic rings. The largest absolute Gasteiger partial charge is 0.281 e. The molecule has 0 aliphatic rings. The van der Waals surface area contributed by atoms with Gasteiger partial charge in [-0.15, -0.1) is 0 Å². The van der Waals surface area contributed by atoms with Gasteiger partial charge in [0.15, 0.2) is 0 Å². The Bertz CT molecular complexity index is 255. The van der Waals surface area contributed by atoms with Crippen LogP contribution < -0.4 is 0 Å². The summed E-state index contributed by atoms with van der Waals surface area (Å²) in [7, 11) is 0. The van der Waals surface area contributed by atoms with Gasteiger partial charge in [0.25, 0.3) is 0 Å². The van der Waals surface area contributed by atoms with Gasteiger partial charge >= 0.3 is 0 Å². The Balaban J connectivity index is 3.16.